The number of rotatable bonds is 5. The summed E-state index contributed by atoms with van der Waals surface area (Å²) < 4.78 is 0. The van der Waals surface area contributed by atoms with Crippen LogP contribution in [0.2, 0.25) is 0 Å². The molecule has 5 aromatic rings. The second-order valence-electron chi connectivity index (χ2n) is 8.74. The van der Waals surface area contributed by atoms with Gasteiger partial charge in [-0.05, 0) is 31.4 Å². The van der Waals surface area contributed by atoms with E-state index in [1.54, 1.807) is 24.8 Å². The van der Waals surface area contributed by atoms with Crippen LogP contribution in [0.4, 0.5) is 11.4 Å². The number of carbonyl (C=O) groups is 1. The molecule has 6 rings (SSSR count). The number of aromatic nitrogens is 7. The molecule has 0 spiro atoms. The summed E-state index contributed by atoms with van der Waals surface area (Å²) in [6.45, 7) is 3.86. The van der Waals surface area contributed by atoms with Gasteiger partial charge in [0.1, 0.15) is 11.2 Å². The highest BCUT2D eigenvalue weighted by atomic mass is 16.1. The van der Waals surface area contributed by atoms with Gasteiger partial charge in [0.05, 0.1) is 40.9 Å². The van der Waals surface area contributed by atoms with Gasteiger partial charge in [0.2, 0.25) is 5.91 Å². The Hall–Kier alpha value is -4.34. The number of nitrogens with one attached hydrogen (secondary N) is 3. The quantitative estimate of drug-likeness (QED) is 0.351. The molecule has 0 aliphatic carbocycles. The van der Waals surface area contributed by atoms with Crippen LogP contribution in [0.3, 0.4) is 0 Å². The van der Waals surface area contributed by atoms with Crippen LogP contribution in [0.1, 0.15) is 32.6 Å². The largest absolute Gasteiger partial charge is 0.368 e. The Labute approximate surface area is 201 Å². The van der Waals surface area contributed by atoms with E-state index >= 15 is 0 Å². The van der Waals surface area contributed by atoms with E-state index in [1.807, 2.05) is 25.3 Å². The number of aromatic amines is 2. The molecule has 6 heterocycles. The van der Waals surface area contributed by atoms with E-state index in [4.69, 9.17) is 4.98 Å². The van der Waals surface area contributed by atoms with Crippen LogP contribution in [0.5, 0.6) is 0 Å². The van der Waals surface area contributed by atoms with Gasteiger partial charge in [0.25, 0.3) is 0 Å². The molecule has 35 heavy (non-hydrogen) atoms. The second kappa shape index (κ2) is 8.79. The SMILES string of the molecule is CCC(=O)Nc1cncc(-c2cnc3[nH]nc(-c4nc5c(N6CCCCC6)cncc5[nH]4)c3c2)c1. The number of pyridine rings is 3. The molecular weight excluding hydrogens is 442 g/mol. The summed E-state index contributed by atoms with van der Waals surface area (Å²) in [4.78, 5) is 35.8. The molecule has 1 aliphatic rings. The van der Waals surface area contributed by atoms with E-state index < -0.39 is 0 Å². The van der Waals surface area contributed by atoms with Gasteiger partial charge in [-0.3, -0.25) is 19.9 Å². The van der Waals surface area contributed by atoms with Crippen LogP contribution in [0, 0.1) is 0 Å². The molecular formula is C25H25N9O. The summed E-state index contributed by atoms with van der Waals surface area (Å²) in [5.41, 5.74) is 6.57. The number of imidazole rings is 1. The first kappa shape index (κ1) is 21.2. The summed E-state index contributed by atoms with van der Waals surface area (Å²) in [5, 5.41) is 11.2. The van der Waals surface area contributed by atoms with Crippen LogP contribution in [0.25, 0.3) is 44.7 Å². The number of anilines is 2. The molecule has 0 bridgehead atoms. The molecule has 1 aliphatic heterocycles. The number of H-pyrrole nitrogens is 2. The van der Waals surface area contributed by atoms with Crippen LogP contribution in [0.15, 0.2) is 43.1 Å². The number of carbonyl (C=O) groups excluding carboxylic acids is 1. The van der Waals surface area contributed by atoms with Crippen LogP contribution in [-0.2, 0) is 4.79 Å². The van der Waals surface area contributed by atoms with Crippen molar-refractivity contribution in [1.29, 1.82) is 0 Å². The summed E-state index contributed by atoms with van der Waals surface area (Å²) in [5.74, 6) is 0.608. The lowest BCUT2D eigenvalue weighted by atomic mass is 10.1. The molecule has 1 amide bonds. The third-order valence-corrected chi connectivity index (χ3v) is 6.39. The van der Waals surface area contributed by atoms with Crippen molar-refractivity contribution < 1.29 is 4.79 Å². The molecule has 1 saturated heterocycles. The third kappa shape index (κ3) is 3.96. The number of amides is 1. The fourth-order valence-electron chi connectivity index (χ4n) is 4.55. The van der Waals surface area contributed by atoms with Crippen molar-refractivity contribution in [3.05, 3.63) is 43.1 Å². The minimum atomic E-state index is -0.0575. The van der Waals surface area contributed by atoms with Crippen molar-refractivity contribution in [2.45, 2.75) is 32.6 Å². The smallest absolute Gasteiger partial charge is 0.224 e. The molecule has 5 aromatic heterocycles. The van der Waals surface area contributed by atoms with E-state index in [0.29, 0.717) is 29.3 Å². The molecule has 10 nitrogen and oxygen atoms in total. The third-order valence-electron chi connectivity index (χ3n) is 6.39. The van der Waals surface area contributed by atoms with Crippen LogP contribution >= 0.6 is 0 Å². The van der Waals surface area contributed by atoms with Crippen LogP contribution in [-0.4, -0.2) is 54.1 Å². The van der Waals surface area contributed by atoms with Gasteiger partial charge >= 0.3 is 0 Å². The highest BCUT2D eigenvalue weighted by Gasteiger charge is 2.19. The van der Waals surface area contributed by atoms with Gasteiger partial charge in [-0.15, -0.1) is 0 Å². The summed E-state index contributed by atoms with van der Waals surface area (Å²) >= 11 is 0. The van der Waals surface area contributed by atoms with Gasteiger partial charge in [0, 0.05) is 43.0 Å². The Balaban J connectivity index is 1.39. The topological polar surface area (TPSA) is 128 Å². The van der Waals surface area contributed by atoms with Gasteiger partial charge in [-0.2, -0.15) is 5.10 Å². The highest BCUT2D eigenvalue weighted by molar-refractivity contribution is 5.96. The molecule has 0 saturated carbocycles. The molecule has 0 aromatic carbocycles. The molecule has 3 N–H and O–H groups in total. The predicted molar refractivity (Wildman–Crippen MR) is 135 cm³/mol. The summed E-state index contributed by atoms with van der Waals surface area (Å²) in [7, 11) is 0. The minimum Gasteiger partial charge on any atom is -0.368 e. The first-order chi connectivity index (χ1) is 17.2. The number of nitrogens with zero attached hydrogens (tertiary/aromatic N) is 6. The highest BCUT2D eigenvalue weighted by Crippen LogP contribution is 2.32. The van der Waals surface area contributed by atoms with E-state index in [1.165, 1.54) is 19.3 Å². The molecule has 0 unspecified atom stereocenters. The number of hydrogen-bond donors (Lipinski definition) is 3. The molecule has 176 valence electrons. The Kier molecular flexibility index (Phi) is 5.32. The maximum Gasteiger partial charge on any atom is 0.224 e. The zero-order chi connectivity index (χ0) is 23.8. The van der Waals surface area contributed by atoms with Crippen molar-refractivity contribution in [2.75, 3.05) is 23.3 Å². The summed E-state index contributed by atoms with van der Waals surface area (Å²) in [6, 6.07) is 3.90. The fraction of sp³-hybridized carbons (Fsp3) is 0.280. The van der Waals surface area contributed by atoms with Crippen molar-refractivity contribution in [2.24, 2.45) is 0 Å². The lowest BCUT2D eigenvalue weighted by molar-refractivity contribution is -0.115. The Bertz CT molecular complexity index is 1530. The Morgan fingerprint density at radius 3 is 2.71 bits per heavy atom. The van der Waals surface area contributed by atoms with E-state index in [2.05, 4.69) is 40.3 Å². The maximum absolute atomic E-state index is 11.8. The average Bonchev–Trinajstić information content (AvgIpc) is 3.53. The summed E-state index contributed by atoms with van der Waals surface area (Å²) in [6.07, 6.45) is 12.9. The van der Waals surface area contributed by atoms with E-state index in [-0.39, 0.29) is 5.91 Å². The fourth-order valence-corrected chi connectivity index (χ4v) is 4.55. The maximum atomic E-state index is 11.8. The zero-order valence-corrected chi connectivity index (χ0v) is 19.4. The predicted octanol–water partition coefficient (Wildman–Crippen LogP) is 4.30. The van der Waals surface area contributed by atoms with Gasteiger partial charge in [-0.1, -0.05) is 6.92 Å². The number of fused-ring (bicyclic) bond motifs is 2. The standard InChI is InChI=1S/C25H25N9O/c1-2-21(35)29-17-8-15(10-26-12-17)16-9-18-22(32-33-24(18)28-11-16)25-30-19-13-27-14-20(23(19)31-25)34-6-4-3-5-7-34/h8-14H,2-7H2,1H3,(H,29,35)(H,30,31)(H,28,32,33). The number of piperidine rings is 1. The number of hydrogen-bond acceptors (Lipinski definition) is 7. The Morgan fingerprint density at radius 2 is 1.86 bits per heavy atom. The molecule has 0 atom stereocenters. The normalized spacial score (nSPS) is 14.0. The van der Waals surface area contributed by atoms with Crippen molar-refractivity contribution in [3.8, 4) is 22.6 Å². The minimum absolute atomic E-state index is 0.0575. The lowest BCUT2D eigenvalue weighted by Crippen LogP contribution is -2.29. The Morgan fingerprint density at radius 1 is 1.03 bits per heavy atom. The molecule has 10 heteroatoms. The average molecular weight is 468 g/mol. The molecule has 0 radical (unpaired) electrons. The molecule has 1 fully saturated rings. The lowest BCUT2D eigenvalue weighted by Gasteiger charge is -2.28. The van der Waals surface area contributed by atoms with Gasteiger partial charge < -0.3 is 15.2 Å². The van der Waals surface area contributed by atoms with E-state index in [9.17, 15) is 4.79 Å². The van der Waals surface area contributed by atoms with Gasteiger partial charge in [-0.25, -0.2) is 9.97 Å². The first-order valence-corrected chi connectivity index (χ1v) is 11.9. The van der Waals surface area contributed by atoms with E-state index in [0.717, 1.165) is 46.3 Å². The zero-order valence-electron chi connectivity index (χ0n) is 19.4. The first-order valence-electron chi connectivity index (χ1n) is 11.9. The van der Waals surface area contributed by atoms with Crippen molar-refractivity contribution in [1.82, 2.24) is 35.1 Å². The van der Waals surface area contributed by atoms with Crippen molar-refractivity contribution in [3.63, 3.8) is 0 Å². The van der Waals surface area contributed by atoms with Gasteiger partial charge in [0.15, 0.2) is 11.5 Å². The van der Waals surface area contributed by atoms with Crippen molar-refractivity contribution >= 4 is 39.3 Å². The van der Waals surface area contributed by atoms with Crippen LogP contribution < -0.4 is 10.2 Å². The second-order valence-corrected chi connectivity index (χ2v) is 8.74. The monoisotopic (exact) mass is 467 g/mol.